The standard InChI is InChI=1S/C11H15BClNO2.2ClH/c1-10(2)11(3,4)16-12(15-10)8-7-14-6-5-9(8)13;;/h5-7H,1-4H3;2*1H. The number of nitrogens with zero attached hydrogens (tertiary/aromatic N) is 1. The molecule has 0 bridgehead atoms. The van der Waals surface area contributed by atoms with Crippen LogP contribution in [0.4, 0.5) is 0 Å². The zero-order valence-electron chi connectivity index (χ0n) is 10.8. The minimum absolute atomic E-state index is 0. The molecule has 3 nitrogen and oxygen atoms in total. The van der Waals surface area contributed by atoms with E-state index in [4.69, 9.17) is 20.9 Å². The van der Waals surface area contributed by atoms with Gasteiger partial charge < -0.3 is 9.31 Å². The van der Waals surface area contributed by atoms with E-state index in [1.807, 2.05) is 27.7 Å². The second-order valence-corrected chi connectivity index (χ2v) is 5.39. The van der Waals surface area contributed by atoms with Crippen molar-refractivity contribution < 1.29 is 9.31 Å². The molecule has 0 saturated carbocycles. The Morgan fingerprint density at radius 3 is 2.06 bits per heavy atom. The first-order valence-corrected chi connectivity index (χ1v) is 5.66. The SMILES string of the molecule is CC1(C)OB(c2cnccc2Cl)OC1(C)C.Cl.Cl. The maximum absolute atomic E-state index is 6.09. The van der Waals surface area contributed by atoms with Crippen LogP contribution in [0.1, 0.15) is 27.7 Å². The highest BCUT2D eigenvalue weighted by molar-refractivity contribution is 6.65. The van der Waals surface area contributed by atoms with E-state index in [-0.39, 0.29) is 36.0 Å². The Kier molecular flexibility index (Phi) is 5.97. The molecular weight excluding hydrogens is 295 g/mol. The van der Waals surface area contributed by atoms with Crippen molar-refractivity contribution >= 4 is 49.0 Å². The van der Waals surface area contributed by atoms with E-state index in [2.05, 4.69) is 4.98 Å². The van der Waals surface area contributed by atoms with Gasteiger partial charge in [-0.3, -0.25) is 4.98 Å². The first kappa shape index (κ1) is 18.0. The second-order valence-electron chi connectivity index (χ2n) is 4.99. The van der Waals surface area contributed by atoms with Gasteiger partial charge in [-0.2, -0.15) is 0 Å². The monoisotopic (exact) mass is 311 g/mol. The molecule has 2 heterocycles. The third kappa shape index (κ3) is 3.12. The highest BCUT2D eigenvalue weighted by Crippen LogP contribution is 2.36. The molecule has 1 aromatic rings. The highest BCUT2D eigenvalue weighted by Gasteiger charge is 2.52. The molecule has 1 aliphatic heterocycles. The predicted molar refractivity (Wildman–Crippen MR) is 79.5 cm³/mol. The van der Waals surface area contributed by atoms with Crippen LogP contribution >= 0.6 is 36.4 Å². The van der Waals surface area contributed by atoms with E-state index in [9.17, 15) is 0 Å². The molecule has 0 spiro atoms. The lowest BCUT2D eigenvalue weighted by atomic mass is 9.80. The van der Waals surface area contributed by atoms with E-state index in [0.29, 0.717) is 5.02 Å². The Labute approximate surface area is 126 Å². The summed E-state index contributed by atoms with van der Waals surface area (Å²) in [6.07, 6.45) is 3.33. The van der Waals surface area contributed by atoms with Crippen LogP contribution in [0.2, 0.25) is 5.02 Å². The average molecular weight is 312 g/mol. The molecule has 7 heteroatoms. The minimum Gasteiger partial charge on any atom is -0.399 e. The molecular formula is C11H17BCl3NO2. The fourth-order valence-electron chi connectivity index (χ4n) is 1.53. The van der Waals surface area contributed by atoms with Crippen molar-refractivity contribution in [1.82, 2.24) is 4.98 Å². The molecule has 2 rings (SSSR count). The van der Waals surface area contributed by atoms with Crippen molar-refractivity contribution in [3.63, 3.8) is 0 Å². The summed E-state index contributed by atoms with van der Waals surface area (Å²) in [6.45, 7) is 8.04. The molecule has 1 aliphatic rings. The van der Waals surface area contributed by atoms with Crippen LogP contribution in [0.3, 0.4) is 0 Å². The molecule has 0 aromatic carbocycles. The van der Waals surface area contributed by atoms with Crippen LogP contribution in [0.25, 0.3) is 0 Å². The largest absolute Gasteiger partial charge is 0.497 e. The van der Waals surface area contributed by atoms with Crippen molar-refractivity contribution in [2.24, 2.45) is 0 Å². The van der Waals surface area contributed by atoms with Gasteiger partial charge in [0, 0.05) is 22.9 Å². The van der Waals surface area contributed by atoms with E-state index >= 15 is 0 Å². The summed E-state index contributed by atoms with van der Waals surface area (Å²) >= 11 is 6.09. The fourth-order valence-corrected chi connectivity index (χ4v) is 1.73. The topological polar surface area (TPSA) is 31.4 Å². The van der Waals surface area contributed by atoms with Gasteiger partial charge in [-0.05, 0) is 33.8 Å². The van der Waals surface area contributed by atoms with Gasteiger partial charge in [-0.15, -0.1) is 24.8 Å². The minimum atomic E-state index is -0.439. The first-order valence-electron chi connectivity index (χ1n) is 5.28. The molecule has 1 saturated heterocycles. The Morgan fingerprint density at radius 1 is 1.11 bits per heavy atom. The summed E-state index contributed by atoms with van der Waals surface area (Å²) in [7, 11) is -0.439. The van der Waals surface area contributed by atoms with E-state index < -0.39 is 7.12 Å². The number of aromatic nitrogens is 1. The normalized spacial score (nSPS) is 19.9. The maximum Gasteiger partial charge on any atom is 0.497 e. The van der Waals surface area contributed by atoms with E-state index in [1.54, 1.807) is 18.5 Å². The summed E-state index contributed by atoms with van der Waals surface area (Å²) in [5.74, 6) is 0. The number of rotatable bonds is 1. The van der Waals surface area contributed by atoms with Crippen molar-refractivity contribution in [1.29, 1.82) is 0 Å². The van der Waals surface area contributed by atoms with Crippen LogP contribution in [-0.2, 0) is 9.31 Å². The van der Waals surface area contributed by atoms with Crippen molar-refractivity contribution in [2.75, 3.05) is 0 Å². The number of hydrogen-bond acceptors (Lipinski definition) is 3. The zero-order chi connectivity index (χ0) is 12.0. The van der Waals surface area contributed by atoms with Crippen LogP contribution in [-0.4, -0.2) is 23.3 Å². The van der Waals surface area contributed by atoms with Crippen molar-refractivity contribution in [3.8, 4) is 0 Å². The summed E-state index contributed by atoms with van der Waals surface area (Å²) in [6, 6.07) is 1.74. The summed E-state index contributed by atoms with van der Waals surface area (Å²) in [4.78, 5) is 4.04. The van der Waals surface area contributed by atoms with Gasteiger partial charge in [-0.25, -0.2) is 0 Å². The predicted octanol–water partition coefficient (Wildman–Crippen LogP) is 2.88. The van der Waals surface area contributed by atoms with Gasteiger partial charge in [0.2, 0.25) is 0 Å². The van der Waals surface area contributed by atoms with Gasteiger partial charge in [0.25, 0.3) is 0 Å². The molecule has 0 radical (unpaired) electrons. The molecule has 0 aliphatic carbocycles. The Balaban J connectivity index is 0.00000144. The van der Waals surface area contributed by atoms with E-state index in [0.717, 1.165) is 5.46 Å². The lowest BCUT2D eigenvalue weighted by Crippen LogP contribution is -2.41. The van der Waals surface area contributed by atoms with Gasteiger partial charge in [0.1, 0.15) is 0 Å². The van der Waals surface area contributed by atoms with Crippen LogP contribution in [0, 0.1) is 0 Å². The van der Waals surface area contributed by atoms with Crippen LogP contribution in [0.15, 0.2) is 18.5 Å². The molecule has 18 heavy (non-hydrogen) atoms. The number of pyridine rings is 1. The van der Waals surface area contributed by atoms with Gasteiger partial charge in [0.15, 0.2) is 0 Å². The van der Waals surface area contributed by atoms with Crippen LogP contribution in [0.5, 0.6) is 0 Å². The van der Waals surface area contributed by atoms with Crippen LogP contribution < -0.4 is 5.46 Å². The van der Waals surface area contributed by atoms with Gasteiger partial charge in [0.05, 0.1) is 11.2 Å². The lowest BCUT2D eigenvalue weighted by molar-refractivity contribution is 0.00578. The average Bonchev–Trinajstić information content (AvgIpc) is 2.36. The Hall–Kier alpha value is 0.00494. The van der Waals surface area contributed by atoms with Crippen molar-refractivity contribution in [3.05, 3.63) is 23.5 Å². The number of hydrogen-bond donors (Lipinski definition) is 0. The van der Waals surface area contributed by atoms with E-state index in [1.165, 1.54) is 0 Å². The molecule has 0 atom stereocenters. The first-order chi connectivity index (χ1) is 7.33. The van der Waals surface area contributed by atoms with Gasteiger partial charge in [-0.1, -0.05) is 11.6 Å². The molecule has 0 amide bonds. The fraction of sp³-hybridized carbons (Fsp3) is 0.545. The molecule has 1 fully saturated rings. The maximum atomic E-state index is 6.09. The molecule has 0 N–H and O–H groups in total. The Bertz CT molecular complexity index is 399. The van der Waals surface area contributed by atoms with Gasteiger partial charge >= 0.3 is 7.12 Å². The quantitative estimate of drug-likeness (QED) is 0.747. The third-order valence-electron chi connectivity index (χ3n) is 3.30. The summed E-state index contributed by atoms with van der Waals surface area (Å²) < 4.78 is 11.8. The van der Waals surface area contributed by atoms with Crippen molar-refractivity contribution in [2.45, 2.75) is 38.9 Å². The zero-order valence-corrected chi connectivity index (χ0v) is 13.2. The smallest absolute Gasteiger partial charge is 0.399 e. The molecule has 0 unspecified atom stereocenters. The summed E-state index contributed by atoms with van der Waals surface area (Å²) in [5.41, 5.74) is 0.0797. The Morgan fingerprint density at radius 2 is 1.61 bits per heavy atom. The second kappa shape index (κ2) is 5.97. The molecule has 102 valence electrons. The lowest BCUT2D eigenvalue weighted by Gasteiger charge is -2.32. The highest BCUT2D eigenvalue weighted by atomic mass is 35.5. The third-order valence-corrected chi connectivity index (χ3v) is 3.65. The number of halogens is 3. The molecule has 1 aromatic heterocycles. The summed E-state index contributed by atoms with van der Waals surface area (Å²) in [5, 5.41) is 0.619.